The van der Waals surface area contributed by atoms with Crippen LogP contribution >= 0.6 is 11.6 Å². The average molecular weight is 412 g/mol. The van der Waals surface area contributed by atoms with E-state index in [1.165, 1.54) is 18.6 Å². The summed E-state index contributed by atoms with van der Waals surface area (Å²) >= 11 is 6.07. The topological polar surface area (TPSA) is 96.7 Å². The van der Waals surface area contributed by atoms with Gasteiger partial charge in [-0.1, -0.05) is 11.6 Å². The number of halogens is 2. The van der Waals surface area contributed by atoms with Crippen molar-refractivity contribution < 1.29 is 14.3 Å². The van der Waals surface area contributed by atoms with Crippen LogP contribution in [0.3, 0.4) is 0 Å². The minimum absolute atomic E-state index is 0.243. The number of aliphatic carboxylic acids is 1. The summed E-state index contributed by atoms with van der Waals surface area (Å²) in [5, 5.41) is 11.0. The van der Waals surface area contributed by atoms with Gasteiger partial charge in [-0.25, -0.2) is 24.1 Å². The standard InChI is InChI=1S/C20H15ClFN5O2/c21-10-5-12-13(7-24-17(12)23-6-10)18-25-8-14-15(22)9-27(19(14)26-18)16-4-2-1-3-11(16)20(28)29/h5-9H,1-4H2,(H,23,24)(H,28,29). The maximum absolute atomic E-state index is 14.6. The van der Waals surface area contributed by atoms with E-state index in [2.05, 4.69) is 19.9 Å². The zero-order chi connectivity index (χ0) is 20.1. The summed E-state index contributed by atoms with van der Waals surface area (Å²) in [6.45, 7) is 0. The van der Waals surface area contributed by atoms with Gasteiger partial charge in [-0.3, -0.25) is 0 Å². The Morgan fingerprint density at radius 2 is 2.03 bits per heavy atom. The van der Waals surface area contributed by atoms with Crippen molar-refractivity contribution in [1.29, 1.82) is 0 Å². The lowest BCUT2D eigenvalue weighted by Gasteiger charge is -2.19. The van der Waals surface area contributed by atoms with Gasteiger partial charge in [-0.15, -0.1) is 0 Å². The molecule has 0 spiro atoms. The van der Waals surface area contributed by atoms with Crippen molar-refractivity contribution in [3.05, 3.63) is 47.3 Å². The molecule has 4 heterocycles. The maximum Gasteiger partial charge on any atom is 0.333 e. The van der Waals surface area contributed by atoms with Gasteiger partial charge in [0, 0.05) is 41.4 Å². The molecule has 146 valence electrons. The van der Waals surface area contributed by atoms with E-state index in [0.29, 0.717) is 51.8 Å². The lowest BCUT2D eigenvalue weighted by atomic mass is 9.96. The van der Waals surface area contributed by atoms with Crippen LogP contribution in [0.4, 0.5) is 4.39 Å². The molecule has 7 nitrogen and oxygen atoms in total. The number of carboxylic acids is 1. The zero-order valence-electron chi connectivity index (χ0n) is 15.1. The first-order chi connectivity index (χ1) is 14.0. The molecule has 0 fully saturated rings. The van der Waals surface area contributed by atoms with Gasteiger partial charge in [0.25, 0.3) is 0 Å². The largest absolute Gasteiger partial charge is 0.478 e. The van der Waals surface area contributed by atoms with Crippen LogP contribution in [-0.2, 0) is 4.79 Å². The highest BCUT2D eigenvalue weighted by molar-refractivity contribution is 6.31. The SMILES string of the molecule is O=C(O)C1=C(n2cc(F)c3cnc(-c4c[nH]c5ncc(Cl)cc45)nc32)CCCC1. The molecular formula is C20H15ClFN5O2. The van der Waals surface area contributed by atoms with Gasteiger partial charge in [0.2, 0.25) is 0 Å². The van der Waals surface area contributed by atoms with E-state index in [9.17, 15) is 14.3 Å². The number of rotatable bonds is 3. The number of aromatic nitrogens is 5. The fraction of sp³-hybridized carbons (Fsp3) is 0.200. The van der Waals surface area contributed by atoms with Crippen LogP contribution in [0.5, 0.6) is 0 Å². The Labute approximate surface area is 168 Å². The number of hydrogen-bond donors (Lipinski definition) is 2. The highest BCUT2D eigenvalue weighted by Gasteiger charge is 2.23. The van der Waals surface area contributed by atoms with Crippen molar-refractivity contribution in [1.82, 2.24) is 24.5 Å². The lowest BCUT2D eigenvalue weighted by Crippen LogP contribution is -2.12. The molecule has 0 saturated carbocycles. The number of carboxylic acid groups (broad SMARTS) is 1. The molecule has 0 unspecified atom stereocenters. The number of pyridine rings is 1. The first kappa shape index (κ1) is 17.8. The van der Waals surface area contributed by atoms with Crippen LogP contribution in [-0.4, -0.2) is 35.6 Å². The second-order valence-corrected chi connectivity index (χ2v) is 7.40. The van der Waals surface area contributed by atoms with Crippen molar-refractivity contribution >= 4 is 45.3 Å². The summed E-state index contributed by atoms with van der Waals surface area (Å²) in [5.74, 6) is -1.09. The third kappa shape index (κ3) is 2.87. The molecule has 4 aromatic rings. The number of nitrogens with one attached hydrogen (secondary N) is 1. The first-order valence-electron chi connectivity index (χ1n) is 9.15. The van der Waals surface area contributed by atoms with Crippen molar-refractivity contribution in [3.63, 3.8) is 0 Å². The number of hydrogen-bond acceptors (Lipinski definition) is 4. The van der Waals surface area contributed by atoms with Crippen LogP contribution < -0.4 is 0 Å². The molecule has 0 amide bonds. The summed E-state index contributed by atoms with van der Waals surface area (Å²) in [4.78, 5) is 27.9. The molecular weight excluding hydrogens is 397 g/mol. The Morgan fingerprint density at radius 1 is 1.21 bits per heavy atom. The van der Waals surface area contributed by atoms with E-state index < -0.39 is 11.8 Å². The molecule has 1 aliphatic rings. The van der Waals surface area contributed by atoms with Crippen LogP contribution in [0.25, 0.3) is 39.2 Å². The van der Waals surface area contributed by atoms with Crippen molar-refractivity contribution in [3.8, 4) is 11.4 Å². The fourth-order valence-electron chi connectivity index (χ4n) is 3.85. The predicted molar refractivity (Wildman–Crippen MR) is 107 cm³/mol. The second-order valence-electron chi connectivity index (χ2n) is 6.97. The van der Waals surface area contributed by atoms with Crippen LogP contribution in [0.2, 0.25) is 5.02 Å². The van der Waals surface area contributed by atoms with E-state index in [-0.39, 0.29) is 5.39 Å². The third-order valence-electron chi connectivity index (χ3n) is 5.22. The Balaban J connectivity index is 1.74. The molecule has 0 bridgehead atoms. The molecule has 2 N–H and O–H groups in total. The van der Waals surface area contributed by atoms with Crippen LogP contribution in [0, 0.1) is 5.82 Å². The summed E-state index contributed by atoms with van der Waals surface area (Å²) < 4.78 is 16.1. The molecule has 0 atom stereocenters. The second kappa shape index (κ2) is 6.66. The van der Waals surface area contributed by atoms with Crippen molar-refractivity contribution in [2.45, 2.75) is 25.7 Å². The van der Waals surface area contributed by atoms with E-state index >= 15 is 0 Å². The fourth-order valence-corrected chi connectivity index (χ4v) is 4.01. The lowest BCUT2D eigenvalue weighted by molar-refractivity contribution is -0.132. The minimum Gasteiger partial charge on any atom is -0.478 e. The van der Waals surface area contributed by atoms with Gasteiger partial charge in [0.05, 0.1) is 16.0 Å². The number of aromatic amines is 1. The number of allylic oxidation sites excluding steroid dienone is 1. The summed E-state index contributed by atoms with van der Waals surface area (Å²) in [5.41, 5.74) is 2.54. The van der Waals surface area contributed by atoms with Gasteiger partial charge in [0.1, 0.15) is 5.65 Å². The van der Waals surface area contributed by atoms with E-state index in [4.69, 9.17) is 11.6 Å². The van der Waals surface area contributed by atoms with E-state index in [1.54, 1.807) is 16.8 Å². The Morgan fingerprint density at radius 3 is 2.86 bits per heavy atom. The number of fused-ring (bicyclic) bond motifs is 2. The Bertz CT molecular complexity index is 1320. The zero-order valence-corrected chi connectivity index (χ0v) is 15.9. The molecule has 0 radical (unpaired) electrons. The quantitative estimate of drug-likeness (QED) is 0.512. The van der Waals surface area contributed by atoms with Crippen LogP contribution in [0.1, 0.15) is 25.7 Å². The van der Waals surface area contributed by atoms with Gasteiger partial charge < -0.3 is 14.7 Å². The Kier molecular flexibility index (Phi) is 4.09. The maximum atomic E-state index is 14.6. The van der Waals surface area contributed by atoms with Gasteiger partial charge in [-0.2, -0.15) is 0 Å². The third-order valence-corrected chi connectivity index (χ3v) is 5.43. The molecule has 1 aliphatic carbocycles. The molecule has 0 aliphatic heterocycles. The van der Waals surface area contributed by atoms with Crippen molar-refractivity contribution in [2.24, 2.45) is 0 Å². The molecule has 0 saturated heterocycles. The summed E-state index contributed by atoms with van der Waals surface area (Å²) in [6, 6.07) is 1.76. The van der Waals surface area contributed by atoms with Gasteiger partial charge >= 0.3 is 5.97 Å². The number of H-pyrrole nitrogens is 1. The molecule has 29 heavy (non-hydrogen) atoms. The Hall–Kier alpha value is -3.26. The van der Waals surface area contributed by atoms with E-state index in [0.717, 1.165) is 18.2 Å². The minimum atomic E-state index is -0.978. The smallest absolute Gasteiger partial charge is 0.333 e. The number of carbonyl (C=O) groups is 1. The molecule has 9 heteroatoms. The number of nitrogens with zero attached hydrogens (tertiary/aromatic N) is 4. The summed E-state index contributed by atoms with van der Waals surface area (Å²) in [6.07, 6.45) is 8.63. The highest BCUT2D eigenvalue weighted by atomic mass is 35.5. The van der Waals surface area contributed by atoms with Gasteiger partial charge in [0.15, 0.2) is 17.3 Å². The highest BCUT2D eigenvalue weighted by Crippen LogP contribution is 2.33. The monoisotopic (exact) mass is 411 g/mol. The van der Waals surface area contributed by atoms with E-state index in [1.807, 2.05) is 0 Å². The normalized spacial score (nSPS) is 14.8. The average Bonchev–Trinajstić information content (AvgIpc) is 3.28. The molecule has 5 rings (SSSR count). The predicted octanol–water partition coefficient (Wildman–Crippen LogP) is 4.64. The summed E-state index contributed by atoms with van der Waals surface area (Å²) in [7, 11) is 0. The van der Waals surface area contributed by atoms with Crippen molar-refractivity contribution in [2.75, 3.05) is 0 Å². The molecule has 0 aromatic carbocycles. The molecule has 4 aromatic heterocycles. The van der Waals surface area contributed by atoms with Gasteiger partial charge in [-0.05, 0) is 31.7 Å². The van der Waals surface area contributed by atoms with Crippen LogP contribution in [0.15, 0.2) is 36.4 Å². The first-order valence-corrected chi connectivity index (χ1v) is 9.53.